The summed E-state index contributed by atoms with van der Waals surface area (Å²) in [7, 11) is 0. The van der Waals surface area contributed by atoms with E-state index in [0.29, 0.717) is 5.92 Å². The van der Waals surface area contributed by atoms with Crippen molar-refractivity contribution in [3.05, 3.63) is 29.6 Å². The standard InChI is InChI=1S/C14H19FN4O/c15-11-3-1-2-10(13(11)18-16)14(20)17-12-8-19-6-4-9(12)5-7-19/h1-3,9,12,18H,4-8,16H2,(H,17,20). The minimum absolute atomic E-state index is 0.0475. The number of nitrogens with zero attached hydrogens (tertiary/aromatic N) is 1. The van der Waals surface area contributed by atoms with Crippen LogP contribution < -0.4 is 16.6 Å². The number of carbonyl (C=O) groups is 1. The van der Waals surface area contributed by atoms with E-state index in [1.807, 2.05) is 0 Å². The minimum Gasteiger partial charge on any atom is -0.348 e. The van der Waals surface area contributed by atoms with Gasteiger partial charge in [0.15, 0.2) is 0 Å². The predicted octanol–water partition coefficient (Wildman–Crippen LogP) is 0.935. The summed E-state index contributed by atoms with van der Waals surface area (Å²) in [4.78, 5) is 14.7. The molecule has 20 heavy (non-hydrogen) atoms. The quantitative estimate of drug-likeness (QED) is 0.568. The number of piperidine rings is 3. The molecule has 6 heteroatoms. The van der Waals surface area contributed by atoms with Gasteiger partial charge in [0.05, 0.1) is 11.3 Å². The molecule has 1 aromatic rings. The first-order valence-electron chi connectivity index (χ1n) is 6.97. The number of nitrogens with two attached hydrogens (primary N) is 1. The summed E-state index contributed by atoms with van der Waals surface area (Å²) in [6.07, 6.45) is 2.24. The fraction of sp³-hybridized carbons (Fsp3) is 0.500. The minimum atomic E-state index is -0.519. The summed E-state index contributed by atoms with van der Waals surface area (Å²) in [5.74, 6) is 5.05. The molecule has 3 heterocycles. The molecular formula is C14H19FN4O. The van der Waals surface area contributed by atoms with E-state index in [0.717, 1.165) is 32.5 Å². The van der Waals surface area contributed by atoms with E-state index in [1.54, 1.807) is 6.07 Å². The van der Waals surface area contributed by atoms with Crippen molar-refractivity contribution in [3.8, 4) is 0 Å². The van der Waals surface area contributed by atoms with Crippen molar-refractivity contribution >= 4 is 11.6 Å². The van der Waals surface area contributed by atoms with Gasteiger partial charge in [0.1, 0.15) is 5.82 Å². The third kappa shape index (κ3) is 2.36. The van der Waals surface area contributed by atoms with Crippen LogP contribution in [0.1, 0.15) is 23.2 Å². The molecule has 1 unspecified atom stereocenters. The first kappa shape index (κ1) is 13.3. The van der Waals surface area contributed by atoms with Crippen LogP contribution in [0.15, 0.2) is 18.2 Å². The van der Waals surface area contributed by atoms with Crippen LogP contribution in [0.25, 0.3) is 0 Å². The number of para-hydroxylation sites is 1. The largest absolute Gasteiger partial charge is 0.348 e. The van der Waals surface area contributed by atoms with Gasteiger partial charge in [-0.3, -0.25) is 10.6 Å². The lowest BCUT2D eigenvalue weighted by Gasteiger charge is -2.44. The first-order chi connectivity index (χ1) is 9.69. The van der Waals surface area contributed by atoms with Gasteiger partial charge >= 0.3 is 0 Å². The molecular weight excluding hydrogens is 259 g/mol. The molecule has 0 aliphatic carbocycles. The van der Waals surface area contributed by atoms with E-state index in [9.17, 15) is 9.18 Å². The molecule has 0 spiro atoms. The van der Waals surface area contributed by atoms with Crippen LogP contribution in [0.4, 0.5) is 10.1 Å². The Labute approximate surface area is 117 Å². The average molecular weight is 278 g/mol. The van der Waals surface area contributed by atoms with Crippen molar-refractivity contribution in [2.75, 3.05) is 25.1 Å². The highest BCUT2D eigenvalue weighted by molar-refractivity contribution is 5.99. The molecule has 1 amide bonds. The molecule has 3 aliphatic rings. The van der Waals surface area contributed by atoms with Crippen LogP contribution in [0, 0.1) is 11.7 Å². The van der Waals surface area contributed by atoms with Crippen LogP contribution >= 0.6 is 0 Å². The fourth-order valence-electron chi connectivity index (χ4n) is 3.23. The lowest BCUT2D eigenvalue weighted by molar-refractivity contribution is 0.0620. The van der Waals surface area contributed by atoms with Crippen molar-refractivity contribution in [1.29, 1.82) is 0 Å². The third-order valence-electron chi connectivity index (χ3n) is 4.38. The smallest absolute Gasteiger partial charge is 0.253 e. The number of hydrogen-bond acceptors (Lipinski definition) is 4. The van der Waals surface area contributed by atoms with E-state index in [1.165, 1.54) is 12.1 Å². The Morgan fingerprint density at radius 2 is 2.10 bits per heavy atom. The molecule has 1 aromatic carbocycles. The number of amides is 1. The zero-order valence-electron chi connectivity index (χ0n) is 11.2. The lowest BCUT2D eigenvalue weighted by atomic mass is 9.84. The highest BCUT2D eigenvalue weighted by atomic mass is 19.1. The van der Waals surface area contributed by atoms with Crippen LogP contribution in [-0.4, -0.2) is 36.5 Å². The highest BCUT2D eigenvalue weighted by Gasteiger charge is 2.35. The van der Waals surface area contributed by atoms with E-state index < -0.39 is 5.82 Å². The summed E-state index contributed by atoms with van der Waals surface area (Å²) in [6.45, 7) is 3.12. The maximum absolute atomic E-state index is 13.6. The molecule has 3 aliphatic heterocycles. The summed E-state index contributed by atoms with van der Waals surface area (Å²) >= 11 is 0. The first-order valence-corrected chi connectivity index (χ1v) is 6.97. The van der Waals surface area contributed by atoms with Crippen molar-refractivity contribution < 1.29 is 9.18 Å². The summed E-state index contributed by atoms with van der Waals surface area (Å²) < 4.78 is 13.6. The Hall–Kier alpha value is -1.66. The maximum Gasteiger partial charge on any atom is 0.253 e. The average Bonchev–Trinajstić information content (AvgIpc) is 2.48. The molecule has 2 bridgehead atoms. The summed E-state index contributed by atoms with van der Waals surface area (Å²) in [5, 5.41) is 3.03. The topological polar surface area (TPSA) is 70.4 Å². The molecule has 0 aromatic heterocycles. The second-order valence-electron chi connectivity index (χ2n) is 5.52. The molecule has 4 N–H and O–H groups in total. The number of hydrogen-bond donors (Lipinski definition) is 3. The van der Waals surface area contributed by atoms with E-state index in [4.69, 9.17) is 5.84 Å². The van der Waals surface area contributed by atoms with E-state index in [2.05, 4.69) is 15.6 Å². The Balaban J connectivity index is 1.75. The van der Waals surface area contributed by atoms with Gasteiger partial charge in [-0.05, 0) is 44.0 Å². The zero-order valence-corrected chi connectivity index (χ0v) is 11.2. The van der Waals surface area contributed by atoms with Crippen LogP contribution in [0.5, 0.6) is 0 Å². The summed E-state index contributed by atoms with van der Waals surface area (Å²) in [6, 6.07) is 4.52. The van der Waals surface area contributed by atoms with Gasteiger partial charge in [0, 0.05) is 12.6 Å². The Kier molecular flexibility index (Phi) is 3.58. The van der Waals surface area contributed by atoms with Gasteiger partial charge in [-0.15, -0.1) is 0 Å². The van der Waals surface area contributed by atoms with Crippen LogP contribution in [-0.2, 0) is 0 Å². The Morgan fingerprint density at radius 1 is 1.35 bits per heavy atom. The van der Waals surface area contributed by atoms with Gasteiger partial charge in [-0.2, -0.15) is 0 Å². The zero-order chi connectivity index (χ0) is 14.1. The predicted molar refractivity (Wildman–Crippen MR) is 74.6 cm³/mol. The number of halogens is 1. The number of benzene rings is 1. The number of anilines is 1. The van der Waals surface area contributed by atoms with Crippen LogP contribution in [0.2, 0.25) is 0 Å². The van der Waals surface area contributed by atoms with E-state index in [-0.39, 0.29) is 23.2 Å². The monoisotopic (exact) mass is 278 g/mol. The number of nitrogens with one attached hydrogen (secondary N) is 2. The second-order valence-corrected chi connectivity index (χ2v) is 5.52. The number of nitrogen functional groups attached to an aromatic ring is 1. The van der Waals surface area contributed by atoms with Gasteiger partial charge in [0.25, 0.3) is 5.91 Å². The molecule has 0 radical (unpaired) electrons. The molecule has 5 nitrogen and oxygen atoms in total. The highest BCUT2D eigenvalue weighted by Crippen LogP contribution is 2.28. The number of hydrazine groups is 1. The van der Waals surface area contributed by atoms with Crippen molar-refractivity contribution in [1.82, 2.24) is 10.2 Å². The molecule has 1 atom stereocenters. The van der Waals surface area contributed by atoms with Crippen molar-refractivity contribution in [2.45, 2.75) is 18.9 Å². The van der Waals surface area contributed by atoms with Gasteiger partial charge in [-0.1, -0.05) is 6.07 Å². The maximum atomic E-state index is 13.6. The third-order valence-corrected chi connectivity index (χ3v) is 4.38. The Morgan fingerprint density at radius 3 is 2.70 bits per heavy atom. The van der Waals surface area contributed by atoms with Crippen molar-refractivity contribution in [2.24, 2.45) is 11.8 Å². The van der Waals surface area contributed by atoms with Gasteiger partial charge in [0.2, 0.25) is 0 Å². The van der Waals surface area contributed by atoms with Gasteiger partial charge < -0.3 is 15.6 Å². The molecule has 3 fully saturated rings. The fourth-order valence-corrected chi connectivity index (χ4v) is 3.23. The molecule has 4 rings (SSSR count). The molecule has 108 valence electrons. The molecule has 0 saturated carbocycles. The molecule has 3 saturated heterocycles. The number of rotatable bonds is 3. The normalized spacial score (nSPS) is 28.2. The van der Waals surface area contributed by atoms with E-state index >= 15 is 0 Å². The SMILES string of the molecule is NNc1c(F)cccc1C(=O)NC1CN2CCC1CC2. The Bertz CT molecular complexity index is 514. The van der Waals surface area contributed by atoms with Crippen molar-refractivity contribution in [3.63, 3.8) is 0 Å². The summed E-state index contributed by atoms with van der Waals surface area (Å²) in [5.41, 5.74) is 2.57. The second kappa shape index (κ2) is 5.38. The van der Waals surface area contributed by atoms with Crippen LogP contribution in [0.3, 0.4) is 0 Å². The number of fused-ring (bicyclic) bond motifs is 3. The van der Waals surface area contributed by atoms with Gasteiger partial charge in [-0.25, -0.2) is 4.39 Å². The lowest BCUT2D eigenvalue weighted by Crippen LogP contribution is -2.57. The number of carbonyl (C=O) groups excluding carboxylic acids is 1.